The Morgan fingerprint density at radius 2 is 1.75 bits per heavy atom. The lowest BCUT2D eigenvalue weighted by Gasteiger charge is -2.15. The van der Waals surface area contributed by atoms with Crippen molar-refractivity contribution in [3.8, 4) is 11.5 Å². The van der Waals surface area contributed by atoms with Gasteiger partial charge in [0.25, 0.3) is 0 Å². The number of aromatic nitrogens is 1. The predicted octanol–water partition coefficient (Wildman–Crippen LogP) is 2.95. The Balaban J connectivity index is 2.00. The number of nitrogens with one attached hydrogen (secondary N) is 1. The zero-order valence-electron chi connectivity index (χ0n) is 12.1. The summed E-state index contributed by atoms with van der Waals surface area (Å²) in [5.74, 6) is 1.50. The second-order valence-electron chi connectivity index (χ2n) is 4.57. The van der Waals surface area contributed by atoms with Gasteiger partial charge in [-0.25, -0.2) is 0 Å². The molecule has 1 unspecified atom stereocenters. The number of hydrogen-bond donors (Lipinski definition) is 1. The maximum Gasteiger partial charge on any atom is 0.161 e. The van der Waals surface area contributed by atoms with E-state index >= 15 is 0 Å². The van der Waals surface area contributed by atoms with Crippen LogP contribution < -0.4 is 14.8 Å². The largest absolute Gasteiger partial charge is 0.493 e. The second kappa shape index (κ2) is 6.91. The Labute approximate surface area is 119 Å². The van der Waals surface area contributed by atoms with Crippen molar-refractivity contribution in [1.82, 2.24) is 10.3 Å². The van der Waals surface area contributed by atoms with Gasteiger partial charge in [0.05, 0.1) is 14.2 Å². The number of ether oxygens (including phenoxy) is 2. The van der Waals surface area contributed by atoms with E-state index < -0.39 is 0 Å². The smallest absolute Gasteiger partial charge is 0.161 e. The Kier molecular flexibility index (Phi) is 4.96. The molecule has 0 aliphatic heterocycles. The molecule has 2 rings (SSSR count). The fraction of sp³-hybridized carbons (Fsp3) is 0.312. The molecule has 0 spiro atoms. The monoisotopic (exact) mass is 272 g/mol. The first-order valence-corrected chi connectivity index (χ1v) is 6.59. The summed E-state index contributed by atoms with van der Waals surface area (Å²) in [6.45, 7) is 2.90. The fourth-order valence-corrected chi connectivity index (χ4v) is 2.03. The van der Waals surface area contributed by atoms with Gasteiger partial charge in [-0.15, -0.1) is 0 Å². The van der Waals surface area contributed by atoms with Crippen LogP contribution in [0.5, 0.6) is 11.5 Å². The maximum atomic E-state index is 5.31. The van der Waals surface area contributed by atoms with Gasteiger partial charge in [-0.2, -0.15) is 0 Å². The maximum absolute atomic E-state index is 5.31. The molecule has 0 saturated heterocycles. The summed E-state index contributed by atoms with van der Waals surface area (Å²) >= 11 is 0. The minimum absolute atomic E-state index is 0.270. The van der Waals surface area contributed by atoms with Gasteiger partial charge in [0.1, 0.15) is 0 Å². The molecular formula is C16H20N2O2. The topological polar surface area (TPSA) is 43.4 Å². The molecule has 20 heavy (non-hydrogen) atoms. The van der Waals surface area contributed by atoms with E-state index in [0.717, 1.165) is 23.6 Å². The molecule has 0 aliphatic rings. The van der Waals surface area contributed by atoms with Crippen LogP contribution in [0, 0.1) is 0 Å². The highest BCUT2D eigenvalue weighted by Gasteiger charge is 2.07. The third kappa shape index (κ3) is 3.48. The van der Waals surface area contributed by atoms with Crippen LogP contribution in [-0.4, -0.2) is 19.2 Å². The van der Waals surface area contributed by atoms with Crippen molar-refractivity contribution < 1.29 is 9.47 Å². The Bertz CT molecular complexity index is 543. The van der Waals surface area contributed by atoms with E-state index in [1.807, 2.05) is 42.7 Å². The molecule has 0 saturated carbocycles. The Morgan fingerprint density at radius 1 is 1.05 bits per heavy atom. The van der Waals surface area contributed by atoms with Crippen LogP contribution in [0.3, 0.4) is 0 Å². The minimum atomic E-state index is 0.270. The van der Waals surface area contributed by atoms with E-state index in [-0.39, 0.29) is 6.04 Å². The lowest BCUT2D eigenvalue weighted by molar-refractivity contribution is 0.354. The number of pyridine rings is 1. The zero-order valence-corrected chi connectivity index (χ0v) is 12.1. The van der Waals surface area contributed by atoms with Gasteiger partial charge in [0.15, 0.2) is 11.5 Å². The molecule has 1 N–H and O–H groups in total. The van der Waals surface area contributed by atoms with Gasteiger partial charge >= 0.3 is 0 Å². The molecule has 1 aromatic carbocycles. The average molecular weight is 272 g/mol. The molecule has 1 heterocycles. The highest BCUT2D eigenvalue weighted by molar-refractivity contribution is 5.42. The van der Waals surface area contributed by atoms with Crippen molar-refractivity contribution in [3.63, 3.8) is 0 Å². The van der Waals surface area contributed by atoms with Crippen molar-refractivity contribution >= 4 is 0 Å². The zero-order chi connectivity index (χ0) is 14.4. The van der Waals surface area contributed by atoms with E-state index in [1.165, 1.54) is 5.56 Å². The molecule has 0 amide bonds. The predicted molar refractivity (Wildman–Crippen MR) is 79.0 cm³/mol. The fourth-order valence-electron chi connectivity index (χ4n) is 2.03. The highest BCUT2D eigenvalue weighted by atomic mass is 16.5. The average Bonchev–Trinajstić information content (AvgIpc) is 2.53. The first kappa shape index (κ1) is 14.3. The summed E-state index contributed by atoms with van der Waals surface area (Å²) in [7, 11) is 3.29. The van der Waals surface area contributed by atoms with E-state index in [1.54, 1.807) is 14.2 Å². The lowest BCUT2D eigenvalue weighted by atomic mass is 10.1. The molecule has 0 radical (unpaired) electrons. The van der Waals surface area contributed by atoms with E-state index in [4.69, 9.17) is 9.47 Å². The van der Waals surface area contributed by atoms with Crippen molar-refractivity contribution in [2.45, 2.75) is 19.5 Å². The molecule has 0 aliphatic carbocycles. The summed E-state index contributed by atoms with van der Waals surface area (Å²) < 4.78 is 10.5. The van der Waals surface area contributed by atoms with E-state index in [0.29, 0.717) is 0 Å². The van der Waals surface area contributed by atoms with Crippen molar-refractivity contribution in [1.29, 1.82) is 0 Å². The SMILES string of the molecule is COc1ccc(CNC(C)c2ccncc2)cc1OC. The van der Waals surface area contributed by atoms with Crippen LogP contribution in [0.4, 0.5) is 0 Å². The van der Waals surface area contributed by atoms with Gasteiger partial charge in [0.2, 0.25) is 0 Å². The Morgan fingerprint density at radius 3 is 2.40 bits per heavy atom. The number of rotatable bonds is 6. The van der Waals surface area contributed by atoms with Crippen LogP contribution >= 0.6 is 0 Å². The standard InChI is InChI=1S/C16H20N2O2/c1-12(14-6-8-17-9-7-14)18-11-13-4-5-15(19-2)16(10-13)20-3/h4-10,12,18H,11H2,1-3H3. The lowest BCUT2D eigenvalue weighted by Crippen LogP contribution is -2.18. The summed E-state index contributed by atoms with van der Waals surface area (Å²) in [6, 6.07) is 10.3. The van der Waals surface area contributed by atoms with Crippen LogP contribution in [0.25, 0.3) is 0 Å². The summed E-state index contributed by atoms with van der Waals surface area (Å²) in [4.78, 5) is 4.03. The summed E-state index contributed by atoms with van der Waals surface area (Å²) in [6.07, 6.45) is 3.62. The van der Waals surface area contributed by atoms with Crippen LogP contribution in [-0.2, 0) is 6.54 Å². The number of nitrogens with zero attached hydrogens (tertiary/aromatic N) is 1. The summed E-state index contributed by atoms with van der Waals surface area (Å²) in [5.41, 5.74) is 2.38. The quantitative estimate of drug-likeness (QED) is 0.878. The third-order valence-electron chi connectivity index (χ3n) is 3.27. The van der Waals surface area contributed by atoms with E-state index in [9.17, 15) is 0 Å². The normalized spacial score (nSPS) is 11.9. The molecule has 2 aromatic rings. The van der Waals surface area contributed by atoms with Crippen molar-refractivity contribution in [2.24, 2.45) is 0 Å². The molecule has 106 valence electrons. The molecule has 1 atom stereocenters. The van der Waals surface area contributed by atoms with Gasteiger partial charge in [-0.05, 0) is 42.3 Å². The Hall–Kier alpha value is -2.07. The summed E-state index contributed by atoms with van der Waals surface area (Å²) in [5, 5.41) is 3.48. The van der Waals surface area contributed by atoms with Gasteiger partial charge < -0.3 is 14.8 Å². The highest BCUT2D eigenvalue weighted by Crippen LogP contribution is 2.27. The molecule has 4 nitrogen and oxygen atoms in total. The van der Waals surface area contributed by atoms with Crippen molar-refractivity contribution in [3.05, 3.63) is 53.9 Å². The number of hydrogen-bond acceptors (Lipinski definition) is 4. The third-order valence-corrected chi connectivity index (χ3v) is 3.27. The minimum Gasteiger partial charge on any atom is -0.493 e. The van der Waals surface area contributed by atoms with E-state index in [2.05, 4.69) is 17.2 Å². The molecular weight excluding hydrogens is 252 g/mol. The van der Waals surface area contributed by atoms with Crippen LogP contribution in [0.15, 0.2) is 42.7 Å². The second-order valence-corrected chi connectivity index (χ2v) is 4.57. The number of benzene rings is 1. The van der Waals surface area contributed by atoms with Gasteiger partial charge in [0, 0.05) is 25.0 Å². The molecule has 1 aromatic heterocycles. The van der Waals surface area contributed by atoms with Crippen LogP contribution in [0.2, 0.25) is 0 Å². The van der Waals surface area contributed by atoms with Crippen LogP contribution in [0.1, 0.15) is 24.1 Å². The molecule has 4 heteroatoms. The first-order chi connectivity index (χ1) is 9.74. The first-order valence-electron chi connectivity index (χ1n) is 6.59. The van der Waals surface area contributed by atoms with Crippen molar-refractivity contribution in [2.75, 3.05) is 14.2 Å². The van der Waals surface area contributed by atoms with Gasteiger partial charge in [-0.3, -0.25) is 4.98 Å². The molecule has 0 bridgehead atoms. The number of methoxy groups -OCH3 is 2. The molecule has 0 fully saturated rings. The van der Waals surface area contributed by atoms with Gasteiger partial charge in [-0.1, -0.05) is 6.07 Å².